The van der Waals surface area contributed by atoms with Gasteiger partial charge in [-0.1, -0.05) is 13.8 Å². The maximum Gasteiger partial charge on any atom is 0.392 e. The first-order valence-corrected chi connectivity index (χ1v) is 8.65. The van der Waals surface area contributed by atoms with E-state index in [-0.39, 0.29) is 32.0 Å². The van der Waals surface area contributed by atoms with Crippen LogP contribution in [0.15, 0.2) is 18.2 Å². The zero-order valence-electron chi connectivity index (χ0n) is 15.4. The zero-order chi connectivity index (χ0) is 20.0. The van der Waals surface area contributed by atoms with Crippen molar-refractivity contribution in [3.63, 3.8) is 0 Å². The van der Waals surface area contributed by atoms with E-state index in [4.69, 9.17) is 4.74 Å². The minimum Gasteiger partial charge on any atom is -0.482 e. The van der Waals surface area contributed by atoms with Gasteiger partial charge >= 0.3 is 12.2 Å². The number of ether oxygens (including phenoxy) is 1. The van der Waals surface area contributed by atoms with Crippen molar-refractivity contribution in [1.29, 1.82) is 0 Å². The van der Waals surface area contributed by atoms with Crippen LogP contribution in [0.3, 0.4) is 0 Å². The lowest BCUT2D eigenvalue weighted by Gasteiger charge is -2.44. The van der Waals surface area contributed by atoms with Crippen LogP contribution in [0.25, 0.3) is 0 Å². The largest absolute Gasteiger partial charge is 0.482 e. The quantitative estimate of drug-likeness (QED) is 0.805. The van der Waals surface area contributed by atoms with Gasteiger partial charge in [-0.25, -0.2) is 4.79 Å². The SMILES string of the molecule is CN1C(=O)COc2ccc(NC(=O)N3CC[C@H](C(F)(F)F)C(C)(C)C3)cc21. The molecule has 0 aliphatic carbocycles. The van der Waals surface area contributed by atoms with E-state index < -0.39 is 23.5 Å². The van der Waals surface area contributed by atoms with Gasteiger partial charge in [-0.2, -0.15) is 13.2 Å². The number of piperidine rings is 1. The molecule has 0 unspecified atom stereocenters. The normalized spacial score (nSPS) is 22.1. The van der Waals surface area contributed by atoms with Gasteiger partial charge in [0.25, 0.3) is 5.91 Å². The van der Waals surface area contributed by atoms with Crippen molar-refractivity contribution in [3.05, 3.63) is 18.2 Å². The van der Waals surface area contributed by atoms with Crippen molar-refractivity contribution >= 4 is 23.3 Å². The Morgan fingerprint density at radius 3 is 2.67 bits per heavy atom. The highest BCUT2D eigenvalue weighted by Crippen LogP contribution is 2.45. The molecule has 1 aromatic carbocycles. The second-order valence-corrected chi connectivity index (χ2v) is 7.65. The Labute approximate surface area is 155 Å². The van der Waals surface area contributed by atoms with Gasteiger partial charge in [0.2, 0.25) is 0 Å². The molecule has 1 aromatic rings. The minimum absolute atomic E-state index is 0.00938. The Kier molecular flexibility index (Phi) is 4.73. The number of fused-ring (bicyclic) bond motifs is 1. The predicted octanol–water partition coefficient (Wildman–Crippen LogP) is 3.48. The highest BCUT2D eigenvalue weighted by atomic mass is 19.4. The van der Waals surface area contributed by atoms with Crippen molar-refractivity contribution in [2.24, 2.45) is 11.3 Å². The molecule has 2 aliphatic heterocycles. The molecule has 148 valence electrons. The number of nitrogens with one attached hydrogen (secondary N) is 1. The van der Waals surface area contributed by atoms with E-state index >= 15 is 0 Å². The van der Waals surface area contributed by atoms with Crippen LogP contribution in [-0.2, 0) is 4.79 Å². The lowest BCUT2D eigenvalue weighted by atomic mass is 9.73. The molecule has 9 heteroatoms. The molecule has 0 spiro atoms. The summed E-state index contributed by atoms with van der Waals surface area (Å²) in [5.41, 5.74) is -0.0933. The Morgan fingerprint density at radius 2 is 2.04 bits per heavy atom. The summed E-state index contributed by atoms with van der Waals surface area (Å²) in [4.78, 5) is 27.1. The second-order valence-electron chi connectivity index (χ2n) is 7.65. The number of halogens is 3. The Balaban J connectivity index is 1.71. The maximum absolute atomic E-state index is 13.2. The highest BCUT2D eigenvalue weighted by molar-refractivity contribution is 5.99. The van der Waals surface area contributed by atoms with Crippen molar-refractivity contribution in [2.45, 2.75) is 26.4 Å². The molecule has 0 saturated carbocycles. The van der Waals surface area contributed by atoms with E-state index in [1.165, 1.54) is 23.6 Å². The van der Waals surface area contributed by atoms with Gasteiger partial charge in [-0.3, -0.25) is 4.79 Å². The average Bonchev–Trinajstić information content (AvgIpc) is 2.56. The van der Waals surface area contributed by atoms with Gasteiger partial charge in [0.15, 0.2) is 6.61 Å². The Morgan fingerprint density at radius 1 is 1.33 bits per heavy atom. The number of hydrogen-bond acceptors (Lipinski definition) is 3. The smallest absolute Gasteiger partial charge is 0.392 e. The summed E-state index contributed by atoms with van der Waals surface area (Å²) in [7, 11) is 1.61. The third-order valence-corrected chi connectivity index (χ3v) is 5.21. The van der Waals surface area contributed by atoms with Crippen LogP contribution in [0.4, 0.5) is 29.3 Å². The van der Waals surface area contributed by atoms with E-state index in [2.05, 4.69) is 5.32 Å². The summed E-state index contributed by atoms with van der Waals surface area (Å²) in [5.74, 6) is -1.11. The molecular formula is C18H22F3N3O3. The van der Waals surface area contributed by atoms with Gasteiger partial charge < -0.3 is 19.9 Å². The number of carbonyl (C=O) groups is 2. The van der Waals surface area contributed by atoms with Crippen LogP contribution in [0.2, 0.25) is 0 Å². The molecule has 0 bridgehead atoms. The van der Waals surface area contributed by atoms with Crippen LogP contribution in [0.1, 0.15) is 20.3 Å². The van der Waals surface area contributed by atoms with Crippen LogP contribution in [0.5, 0.6) is 5.75 Å². The average molecular weight is 385 g/mol. The minimum atomic E-state index is -4.28. The fourth-order valence-corrected chi connectivity index (χ4v) is 3.69. The highest BCUT2D eigenvalue weighted by Gasteiger charge is 2.51. The summed E-state index contributed by atoms with van der Waals surface area (Å²) in [6, 6.07) is 4.42. The first-order chi connectivity index (χ1) is 12.5. The maximum atomic E-state index is 13.2. The number of benzene rings is 1. The van der Waals surface area contributed by atoms with Gasteiger partial charge in [0.05, 0.1) is 11.6 Å². The van der Waals surface area contributed by atoms with Crippen molar-refractivity contribution in [3.8, 4) is 5.75 Å². The third-order valence-electron chi connectivity index (χ3n) is 5.21. The number of amides is 3. The van der Waals surface area contributed by atoms with E-state index in [1.54, 1.807) is 25.2 Å². The molecule has 0 radical (unpaired) electrons. The molecule has 3 amide bonds. The summed E-state index contributed by atoms with van der Waals surface area (Å²) in [6.45, 7) is 3.06. The Hall–Kier alpha value is -2.45. The van der Waals surface area contributed by atoms with E-state index in [9.17, 15) is 22.8 Å². The van der Waals surface area contributed by atoms with Gasteiger partial charge in [-0.05, 0) is 30.0 Å². The molecule has 2 heterocycles. The molecule has 2 aliphatic rings. The van der Waals surface area contributed by atoms with Crippen molar-refractivity contribution < 1.29 is 27.5 Å². The zero-order valence-corrected chi connectivity index (χ0v) is 15.4. The molecule has 1 saturated heterocycles. The molecule has 27 heavy (non-hydrogen) atoms. The molecule has 0 aromatic heterocycles. The molecule has 3 rings (SSSR count). The van der Waals surface area contributed by atoms with Crippen LogP contribution in [-0.4, -0.2) is 49.8 Å². The number of rotatable bonds is 1. The fraction of sp³-hybridized carbons (Fsp3) is 0.556. The van der Waals surface area contributed by atoms with E-state index in [0.717, 1.165) is 0 Å². The summed E-state index contributed by atoms with van der Waals surface area (Å²) >= 11 is 0. The van der Waals surface area contributed by atoms with Gasteiger partial charge in [0, 0.05) is 25.8 Å². The van der Waals surface area contributed by atoms with Gasteiger partial charge in [-0.15, -0.1) is 0 Å². The number of alkyl halides is 3. The molecule has 1 atom stereocenters. The lowest BCUT2D eigenvalue weighted by molar-refractivity contribution is -0.214. The number of urea groups is 1. The van der Waals surface area contributed by atoms with Crippen LogP contribution in [0, 0.1) is 11.3 Å². The topological polar surface area (TPSA) is 61.9 Å². The van der Waals surface area contributed by atoms with Crippen molar-refractivity contribution in [2.75, 3.05) is 37.0 Å². The predicted molar refractivity (Wildman–Crippen MR) is 93.9 cm³/mol. The molecular weight excluding hydrogens is 363 g/mol. The lowest BCUT2D eigenvalue weighted by Crippen LogP contribution is -2.53. The van der Waals surface area contributed by atoms with E-state index in [0.29, 0.717) is 17.1 Å². The first kappa shape index (κ1) is 19.3. The monoisotopic (exact) mass is 385 g/mol. The number of hydrogen-bond donors (Lipinski definition) is 1. The number of carbonyl (C=O) groups excluding carboxylic acids is 2. The second kappa shape index (κ2) is 6.61. The molecule has 1 fully saturated rings. The van der Waals surface area contributed by atoms with E-state index in [1.807, 2.05) is 0 Å². The number of likely N-dealkylation sites (N-methyl/N-ethyl adjacent to an activating group) is 1. The number of nitrogens with zero attached hydrogens (tertiary/aromatic N) is 2. The first-order valence-electron chi connectivity index (χ1n) is 8.65. The number of anilines is 2. The van der Waals surface area contributed by atoms with Crippen LogP contribution >= 0.6 is 0 Å². The molecule has 1 N–H and O–H groups in total. The Bertz CT molecular complexity index is 764. The summed E-state index contributed by atoms with van der Waals surface area (Å²) in [6.07, 6.45) is -4.40. The standard InChI is InChI=1S/C18H22F3N3O3/c1-17(2)10-24(7-6-14(17)18(19,20)21)16(26)22-11-4-5-13-12(8-11)23(3)15(25)9-27-13/h4-5,8,14H,6-7,9-10H2,1-3H3,(H,22,26)/t14-/m0/s1. The number of likely N-dealkylation sites (tertiary alicyclic amines) is 1. The summed E-state index contributed by atoms with van der Waals surface area (Å²) < 4.78 is 44.9. The van der Waals surface area contributed by atoms with Gasteiger partial charge in [0.1, 0.15) is 5.75 Å². The van der Waals surface area contributed by atoms with Crippen LogP contribution < -0.4 is 15.0 Å². The summed E-state index contributed by atoms with van der Waals surface area (Å²) in [5, 5.41) is 2.70. The fourth-order valence-electron chi connectivity index (χ4n) is 3.69. The third kappa shape index (κ3) is 3.81. The van der Waals surface area contributed by atoms with Crippen molar-refractivity contribution in [1.82, 2.24) is 4.90 Å². The molecule has 6 nitrogen and oxygen atoms in total.